The summed E-state index contributed by atoms with van der Waals surface area (Å²) in [6.45, 7) is 5.67. The van der Waals surface area contributed by atoms with Crippen molar-refractivity contribution in [3.8, 4) is 5.95 Å². The molecular weight excluding hydrogens is 317 g/mol. The quantitative estimate of drug-likeness (QED) is 0.784. The van der Waals surface area contributed by atoms with Crippen molar-refractivity contribution in [2.45, 2.75) is 20.8 Å². The Morgan fingerprint density at radius 2 is 1.83 bits per heavy atom. The van der Waals surface area contributed by atoms with Gasteiger partial charge in [-0.05, 0) is 45.0 Å². The highest BCUT2D eigenvalue weighted by molar-refractivity contribution is 6.30. The number of hydrogen-bond acceptors (Lipinski definition) is 4. The molecule has 0 aliphatic rings. The largest absolute Gasteiger partial charge is 0.338 e. The number of halogens is 2. The van der Waals surface area contributed by atoms with Crippen molar-refractivity contribution >= 4 is 23.1 Å². The van der Waals surface area contributed by atoms with Gasteiger partial charge in [0.05, 0.1) is 11.4 Å². The van der Waals surface area contributed by atoms with E-state index in [1.165, 1.54) is 18.2 Å². The van der Waals surface area contributed by atoms with Crippen LogP contribution < -0.4 is 5.32 Å². The zero-order valence-electron chi connectivity index (χ0n) is 12.9. The first-order chi connectivity index (χ1) is 10.9. The van der Waals surface area contributed by atoms with Gasteiger partial charge in [-0.15, -0.1) is 0 Å². The highest BCUT2D eigenvalue weighted by Crippen LogP contribution is 2.23. The van der Waals surface area contributed by atoms with Gasteiger partial charge < -0.3 is 5.32 Å². The third-order valence-electron chi connectivity index (χ3n) is 3.23. The van der Waals surface area contributed by atoms with E-state index in [9.17, 15) is 4.39 Å². The van der Waals surface area contributed by atoms with Crippen molar-refractivity contribution in [2.24, 2.45) is 0 Å². The lowest BCUT2D eigenvalue weighted by Crippen LogP contribution is -2.08. The van der Waals surface area contributed by atoms with Crippen LogP contribution >= 0.6 is 11.6 Å². The van der Waals surface area contributed by atoms with E-state index >= 15 is 0 Å². The molecule has 2 heterocycles. The zero-order chi connectivity index (χ0) is 16.6. The maximum Gasteiger partial charge on any atom is 0.252 e. The zero-order valence-corrected chi connectivity index (χ0v) is 13.7. The van der Waals surface area contributed by atoms with Gasteiger partial charge in [-0.25, -0.2) is 14.1 Å². The minimum absolute atomic E-state index is 0.259. The summed E-state index contributed by atoms with van der Waals surface area (Å²) in [5.41, 5.74) is 2.80. The van der Waals surface area contributed by atoms with Crippen LogP contribution in [-0.2, 0) is 0 Å². The van der Waals surface area contributed by atoms with Crippen LogP contribution in [0.4, 0.5) is 15.9 Å². The summed E-state index contributed by atoms with van der Waals surface area (Å²) in [5, 5.41) is 7.75. The van der Waals surface area contributed by atoms with E-state index in [1.807, 2.05) is 26.8 Å². The normalized spacial score (nSPS) is 10.8. The Hall–Kier alpha value is -2.47. The van der Waals surface area contributed by atoms with Crippen molar-refractivity contribution in [2.75, 3.05) is 5.32 Å². The summed E-state index contributed by atoms with van der Waals surface area (Å²) in [6.07, 6.45) is 0. The minimum Gasteiger partial charge on any atom is -0.338 e. The molecule has 0 aliphatic carbocycles. The maximum atomic E-state index is 13.9. The molecular formula is C16H15ClFN5. The standard InChI is InChI=1S/C16H15ClFN5/c1-9-7-15(20-14-8-12(17)4-5-13(14)18)21-16(19-9)23-11(3)6-10(2)22-23/h4-8H,1-3H3,(H,19,20,21). The molecule has 118 valence electrons. The molecule has 0 atom stereocenters. The average Bonchev–Trinajstić information content (AvgIpc) is 2.81. The van der Waals surface area contributed by atoms with Crippen LogP contribution in [0.2, 0.25) is 5.02 Å². The molecule has 0 saturated carbocycles. The van der Waals surface area contributed by atoms with Crippen LogP contribution in [0.1, 0.15) is 17.1 Å². The Bertz CT molecular complexity index is 875. The van der Waals surface area contributed by atoms with Gasteiger partial charge >= 0.3 is 0 Å². The van der Waals surface area contributed by atoms with Gasteiger partial charge in [-0.3, -0.25) is 0 Å². The lowest BCUT2D eigenvalue weighted by Gasteiger charge is -2.10. The lowest BCUT2D eigenvalue weighted by molar-refractivity contribution is 0.631. The van der Waals surface area contributed by atoms with Gasteiger partial charge in [0.25, 0.3) is 5.95 Å². The second-order valence-electron chi connectivity index (χ2n) is 5.28. The number of anilines is 2. The number of nitrogens with zero attached hydrogens (tertiary/aromatic N) is 4. The van der Waals surface area contributed by atoms with Crippen molar-refractivity contribution in [3.63, 3.8) is 0 Å². The summed E-state index contributed by atoms with van der Waals surface area (Å²) in [5.74, 6) is 0.500. The van der Waals surface area contributed by atoms with E-state index in [0.29, 0.717) is 16.8 Å². The van der Waals surface area contributed by atoms with E-state index in [1.54, 1.807) is 10.7 Å². The molecule has 7 heteroatoms. The topological polar surface area (TPSA) is 55.6 Å². The second kappa shape index (κ2) is 5.96. The molecule has 3 aromatic rings. The molecule has 0 amide bonds. The van der Waals surface area contributed by atoms with Crippen LogP contribution in [0.15, 0.2) is 30.3 Å². The number of aryl methyl sites for hydroxylation is 3. The van der Waals surface area contributed by atoms with Gasteiger partial charge in [0.15, 0.2) is 0 Å². The molecule has 23 heavy (non-hydrogen) atoms. The van der Waals surface area contributed by atoms with E-state index in [-0.39, 0.29) is 5.69 Å². The summed E-state index contributed by atoms with van der Waals surface area (Å²) < 4.78 is 15.5. The predicted molar refractivity (Wildman–Crippen MR) is 88.1 cm³/mol. The summed E-state index contributed by atoms with van der Waals surface area (Å²) in [6, 6.07) is 7.98. The Balaban J connectivity index is 2.01. The van der Waals surface area contributed by atoms with Gasteiger partial charge in [0.1, 0.15) is 11.6 Å². The monoisotopic (exact) mass is 331 g/mol. The van der Waals surface area contributed by atoms with E-state index in [4.69, 9.17) is 11.6 Å². The number of rotatable bonds is 3. The van der Waals surface area contributed by atoms with E-state index in [2.05, 4.69) is 20.4 Å². The van der Waals surface area contributed by atoms with Crippen molar-refractivity contribution in [1.82, 2.24) is 19.7 Å². The lowest BCUT2D eigenvalue weighted by atomic mass is 10.3. The summed E-state index contributed by atoms with van der Waals surface area (Å²) >= 11 is 5.91. The molecule has 1 aromatic carbocycles. The third kappa shape index (κ3) is 3.32. The Morgan fingerprint density at radius 1 is 1.04 bits per heavy atom. The molecule has 0 unspecified atom stereocenters. The van der Waals surface area contributed by atoms with E-state index < -0.39 is 5.82 Å². The molecule has 2 aromatic heterocycles. The van der Waals surface area contributed by atoms with Crippen LogP contribution in [0.25, 0.3) is 5.95 Å². The van der Waals surface area contributed by atoms with Crippen LogP contribution in [-0.4, -0.2) is 19.7 Å². The van der Waals surface area contributed by atoms with Gasteiger partial charge in [-0.1, -0.05) is 11.6 Å². The number of nitrogens with one attached hydrogen (secondary N) is 1. The minimum atomic E-state index is -0.404. The Labute approximate surface area is 138 Å². The first-order valence-corrected chi connectivity index (χ1v) is 7.41. The fourth-order valence-corrected chi connectivity index (χ4v) is 2.45. The number of hydrogen-bond donors (Lipinski definition) is 1. The SMILES string of the molecule is Cc1cc(Nc2cc(Cl)ccc2F)nc(-n2nc(C)cc2C)n1. The van der Waals surface area contributed by atoms with Gasteiger partial charge in [-0.2, -0.15) is 10.1 Å². The maximum absolute atomic E-state index is 13.9. The molecule has 1 N–H and O–H groups in total. The molecule has 0 spiro atoms. The summed E-state index contributed by atoms with van der Waals surface area (Å²) in [4.78, 5) is 8.80. The smallest absolute Gasteiger partial charge is 0.252 e. The Kier molecular flexibility index (Phi) is 4.00. The number of aromatic nitrogens is 4. The molecule has 0 saturated heterocycles. The van der Waals surface area contributed by atoms with Crippen LogP contribution in [0.3, 0.4) is 0 Å². The average molecular weight is 332 g/mol. The summed E-state index contributed by atoms with van der Waals surface area (Å²) in [7, 11) is 0. The predicted octanol–water partition coefficient (Wildman–Crippen LogP) is 4.12. The molecule has 0 fully saturated rings. The van der Waals surface area contributed by atoms with Crippen molar-refractivity contribution < 1.29 is 4.39 Å². The highest BCUT2D eigenvalue weighted by atomic mass is 35.5. The fraction of sp³-hybridized carbons (Fsp3) is 0.188. The molecule has 0 aliphatic heterocycles. The fourth-order valence-electron chi connectivity index (χ4n) is 2.27. The first-order valence-electron chi connectivity index (χ1n) is 7.04. The number of benzene rings is 1. The molecule has 5 nitrogen and oxygen atoms in total. The first kappa shape index (κ1) is 15.4. The van der Waals surface area contributed by atoms with Crippen molar-refractivity contribution in [3.05, 3.63) is 58.3 Å². The Morgan fingerprint density at radius 3 is 2.52 bits per heavy atom. The molecule has 0 bridgehead atoms. The van der Waals surface area contributed by atoms with E-state index in [0.717, 1.165) is 17.1 Å². The molecule has 0 radical (unpaired) electrons. The molecule has 3 rings (SSSR count). The second-order valence-corrected chi connectivity index (χ2v) is 5.72. The van der Waals surface area contributed by atoms with Gasteiger partial charge in [0, 0.05) is 22.5 Å². The van der Waals surface area contributed by atoms with Crippen LogP contribution in [0.5, 0.6) is 0 Å². The van der Waals surface area contributed by atoms with Crippen LogP contribution in [0, 0.1) is 26.6 Å². The van der Waals surface area contributed by atoms with Gasteiger partial charge in [0.2, 0.25) is 0 Å². The highest BCUT2D eigenvalue weighted by Gasteiger charge is 2.10. The van der Waals surface area contributed by atoms with Crippen molar-refractivity contribution in [1.29, 1.82) is 0 Å². The third-order valence-corrected chi connectivity index (χ3v) is 3.47.